The van der Waals surface area contributed by atoms with E-state index in [4.69, 9.17) is 5.26 Å². The summed E-state index contributed by atoms with van der Waals surface area (Å²) in [6.45, 7) is 0. The first-order chi connectivity index (χ1) is 4.81. The number of nitrogens with zero attached hydrogens (tertiary/aromatic N) is 2. The minimum Gasteiger partial charge on any atom is -0.398 e. The van der Waals surface area contributed by atoms with Gasteiger partial charge in [0.25, 0.3) is 0 Å². The van der Waals surface area contributed by atoms with Gasteiger partial charge in [0.1, 0.15) is 19.9 Å². The second kappa shape index (κ2) is 5.56. The maximum atomic E-state index is 10.4. The van der Waals surface area contributed by atoms with Crippen molar-refractivity contribution < 1.29 is 9.63 Å². The third-order valence-corrected chi connectivity index (χ3v) is 0.623. The van der Waals surface area contributed by atoms with Crippen LogP contribution < -0.4 is 5.32 Å². The van der Waals surface area contributed by atoms with E-state index in [0.717, 1.165) is 6.34 Å². The molecule has 0 rings (SSSR count). The van der Waals surface area contributed by atoms with Gasteiger partial charge >= 0.3 is 0 Å². The lowest BCUT2D eigenvalue weighted by Gasteiger charge is -1.90. The molecule has 0 aliphatic rings. The lowest BCUT2D eigenvalue weighted by molar-refractivity contribution is -0.118. The lowest BCUT2D eigenvalue weighted by Crippen LogP contribution is -2.20. The summed E-state index contributed by atoms with van der Waals surface area (Å²) in [6, 6.07) is 1.68. The smallest absolute Gasteiger partial charge is 0.239 e. The SMILES string of the molecule is CON=CNC(=O)CC#N. The van der Waals surface area contributed by atoms with Gasteiger partial charge in [-0.3, -0.25) is 4.79 Å². The van der Waals surface area contributed by atoms with Crippen LogP contribution in [0.2, 0.25) is 0 Å². The third-order valence-electron chi connectivity index (χ3n) is 0.623. The van der Waals surface area contributed by atoms with Gasteiger partial charge in [-0.1, -0.05) is 5.16 Å². The fourth-order valence-electron chi connectivity index (χ4n) is 0.274. The number of nitriles is 1. The van der Waals surface area contributed by atoms with Gasteiger partial charge in [-0.05, 0) is 0 Å². The Morgan fingerprint density at radius 1 is 2.00 bits per heavy atom. The molecule has 0 aromatic rings. The second-order valence-electron chi connectivity index (χ2n) is 1.32. The van der Waals surface area contributed by atoms with Crippen molar-refractivity contribution in [3.05, 3.63) is 0 Å². The fourth-order valence-corrected chi connectivity index (χ4v) is 0.274. The predicted octanol–water partition coefficient (Wildman–Crippen LogP) is -0.394. The number of amides is 1. The molecule has 0 saturated carbocycles. The Morgan fingerprint density at radius 3 is 3.20 bits per heavy atom. The Kier molecular flexibility index (Phi) is 4.69. The Bertz CT molecular complexity index is 170. The quantitative estimate of drug-likeness (QED) is 0.330. The van der Waals surface area contributed by atoms with Crippen LogP contribution in [0.25, 0.3) is 0 Å². The number of carbonyl (C=O) groups excluding carboxylic acids is 1. The third kappa shape index (κ3) is 4.59. The van der Waals surface area contributed by atoms with Gasteiger partial charge in [-0.15, -0.1) is 0 Å². The van der Waals surface area contributed by atoms with Gasteiger partial charge in [0.15, 0.2) is 0 Å². The van der Waals surface area contributed by atoms with Crippen molar-refractivity contribution in [1.29, 1.82) is 5.26 Å². The molecule has 1 amide bonds. The molecule has 0 heterocycles. The first-order valence-electron chi connectivity index (χ1n) is 2.52. The van der Waals surface area contributed by atoms with Crippen molar-refractivity contribution in [1.82, 2.24) is 5.32 Å². The number of hydrogen-bond acceptors (Lipinski definition) is 4. The van der Waals surface area contributed by atoms with E-state index in [1.165, 1.54) is 7.11 Å². The number of oxime groups is 1. The Hall–Kier alpha value is -1.57. The first kappa shape index (κ1) is 8.43. The summed E-state index contributed by atoms with van der Waals surface area (Å²) < 4.78 is 0. The average Bonchev–Trinajstić information content (AvgIpc) is 1.89. The molecule has 5 heteroatoms. The zero-order valence-electron chi connectivity index (χ0n) is 5.50. The first-order valence-corrected chi connectivity index (χ1v) is 2.52. The standard InChI is InChI=1S/C5H7N3O2/c1-10-8-4-7-5(9)2-3-6/h4H,2H2,1H3,(H,7,8,9). The molecule has 54 valence electrons. The second-order valence-corrected chi connectivity index (χ2v) is 1.32. The van der Waals surface area contributed by atoms with Crippen LogP contribution in [-0.4, -0.2) is 19.4 Å². The summed E-state index contributed by atoms with van der Waals surface area (Å²) in [6.07, 6.45) is 0.912. The number of hydrogen-bond donors (Lipinski definition) is 1. The molecule has 0 aromatic heterocycles. The van der Waals surface area contributed by atoms with Crippen LogP contribution in [0.5, 0.6) is 0 Å². The summed E-state index contributed by atoms with van der Waals surface area (Å²) >= 11 is 0. The molecule has 0 spiro atoms. The number of nitrogens with one attached hydrogen (secondary N) is 1. The molecule has 5 nitrogen and oxygen atoms in total. The van der Waals surface area contributed by atoms with E-state index in [1.807, 2.05) is 0 Å². The van der Waals surface area contributed by atoms with Crippen molar-refractivity contribution in [3.63, 3.8) is 0 Å². The largest absolute Gasteiger partial charge is 0.398 e. The number of rotatable bonds is 3. The molecule has 0 atom stereocenters. The fraction of sp³-hybridized carbons (Fsp3) is 0.400. The van der Waals surface area contributed by atoms with Crippen LogP contribution in [0.1, 0.15) is 6.42 Å². The molecular weight excluding hydrogens is 134 g/mol. The summed E-state index contributed by atoms with van der Waals surface area (Å²) in [5.74, 6) is -0.400. The summed E-state index contributed by atoms with van der Waals surface area (Å²) in [7, 11) is 1.35. The highest BCUT2D eigenvalue weighted by molar-refractivity contribution is 5.88. The van der Waals surface area contributed by atoms with Gasteiger partial charge < -0.3 is 10.2 Å². The summed E-state index contributed by atoms with van der Waals surface area (Å²) in [5, 5.41) is 13.4. The van der Waals surface area contributed by atoms with Crippen molar-refractivity contribution in [2.45, 2.75) is 6.42 Å². The monoisotopic (exact) mass is 141 g/mol. The van der Waals surface area contributed by atoms with Crippen LogP contribution in [0.4, 0.5) is 0 Å². The summed E-state index contributed by atoms with van der Waals surface area (Å²) in [5.41, 5.74) is 0. The zero-order chi connectivity index (χ0) is 7.82. The Labute approximate surface area is 58.3 Å². The Morgan fingerprint density at radius 2 is 2.70 bits per heavy atom. The molecule has 0 aromatic carbocycles. The van der Waals surface area contributed by atoms with E-state index in [1.54, 1.807) is 6.07 Å². The maximum absolute atomic E-state index is 10.4. The molecule has 0 unspecified atom stereocenters. The topological polar surface area (TPSA) is 74.5 Å². The van der Waals surface area contributed by atoms with E-state index < -0.39 is 5.91 Å². The van der Waals surface area contributed by atoms with Gasteiger partial charge in [-0.25, -0.2) is 0 Å². The van der Waals surface area contributed by atoms with Gasteiger partial charge in [0, 0.05) is 0 Å². The lowest BCUT2D eigenvalue weighted by atomic mass is 10.4. The van der Waals surface area contributed by atoms with Crippen LogP contribution in [0.3, 0.4) is 0 Å². The van der Waals surface area contributed by atoms with Gasteiger partial charge in [0.2, 0.25) is 5.91 Å². The van der Waals surface area contributed by atoms with Crippen LogP contribution in [-0.2, 0) is 9.63 Å². The molecule has 1 N–H and O–H groups in total. The highest BCUT2D eigenvalue weighted by Crippen LogP contribution is 1.71. The minimum absolute atomic E-state index is 0.171. The molecular formula is C5H7N3O2. The van der Waals surface area contributed by atoms with Crippen molar-refractivity contribution in [3.8, 4) is 6.07 Å². The normalized spacial score (nSPS) is 8.80. The van der Waals surface area contributed by atoms with E-state index in [-0.39, 0.29) is 6.42 Å². The van der Waals surface area contributed by atoms with Crippen LogP contribution in [0.15, 0.2) is 5.16 Å². The molecule has 0 saturated heterocycles. The van der Waals surface area contributed by atoms with E-state index in [9.17, 15) is 4.79 Å². The van der Waals surface area contributed by atoms with Crippen molar-refractivity contribution >= 4 is 12.2 Å². The highest BCUT2D eigenvalue weighted by Gasteiger charge is 1.93. The molecule has 0 fully saturated rings. The Balaban J connectivity index is 3.41. The van der Waals surface area contributed by atoms with Crippen molar-refractivity contribution in [2.24, 2.45) is 5.16 Å². The maximum Gasteiger partial charge on any atom is 0.239 e. The highest BCUT2D eigenvalue weighted by atomic mass is 16.6. The van der Waals surface area contributed by atoms with E-state index in [2.05, 4.69) is 15.3 Å². The molecule has 10 heavy (non-hydrogen) atoms. The molecule has 0 bridgehead atoms. The van der Waals surface area contributed by atoms with Crippen molar-refractivity contribution in [2.75, 3.05) is 7.11 Å². The summed E-state index contributed by atoms with van der Waals surface area (Å²) in [4.78, 5) is 14.7. The molecule has 0 aliphatic heterocycles. The number of carbonyl (C=O) groups is 1. The van der Waals surface area contributed by atoms with Gasteiger partial charge in [0.05, 0.1) is 6.07 Å². The predicted molar refractivity (Wildman–Crippen MR) is 33.9 cm³/mol. The molecule has 0 aliphatic carbocycles. The average molecular weight is 141 g/mol. The van der Waals surface area contributed by atoms with E-state index >= 15 is 0 Å². The molecule has 0 radical (unpaired) electrons. The van der Waals surface area contributed by atoms with Crippen LogP contribution in [0, 0.1) is 11.3 Å². The van der Waals surface area contributed by atoms with E-state index in [0.29, 0.717) is 0 Å². The van der Waals surface area contributed by atoms with Gasteiger partial charge in [-0.2, -0.15) is 5.26 Å². The zero-order valence-corrected chi connectivity index (χ0v) is 5.50. The minimum atomic E-state index is -0.400. The van der Waals surface area contributed by atoms with Crippen LogP contribution >= 0.6 is 0 Å².